The average Bonchev–Trinajstić information content (AvgIpc) is 2.39. The summed E-state index contributed by atoms with van der Waals surface area (Å²) in [4.78, 5) is 0.388. The summed E-state index contributed by atoms with van der Waals surface area (Å²) in [5.74, 6) is 0.164. The number of benzene rings is 2. The van der Waals surface area contributed by atoms with Crippen molar-refractivity contribution in [2.75, 3.05) is 5.75 Å². The van der Waals surface area contributed by atoms with Gasteiger partial charge >= 0.3 is 0 Å². The van der Waals surface area contributed by atoms with E-state index in [0.29, 0.717) is 16.3 Å². The molecule has 0 aliphatic carbocycles. The van der Waals surface area contributed by atoms with Crippen molar-refractivity contribution in [2.24, 2.45) is 0 Å². The summed E-state index contributed by atoms with van der Waals surface area (Å²) in [6.07, 6.45) is 0.608. The number of hydrogen-bond acceptors (Lipinski definition) is 2. The second-order valence-corrected chi connectivity index (χ2v) is 6.84. The molecule has 100 valence electrons. The van der Waals surface area contributed by atoms with E-state index >= 15 is 0 Å². The monoisotopic (exact) mass is 294 g/mol. The molecule has 0 radical (unpaired) electrons. The van der Waals surface area contributed by atoms with Crippen LogP contribution in [-0.2, 0) is 9.84 Å². The fourth-order valence-corrected chi connectivity index (χ4v) is 3.67. The van der Waals surface area contributed by atoms with Crippen LogP contribution in [0.15, 0.2) is 53.4 Å². The number of hydrogen-bond donors (Lipinski definition) is 0. The molecule has 2 aromatic rings. The van der Waals surface area contributed by atoms with Crippen molar-refractivity contribution in [3.05, 3.63) is 53.6 Å². The normalized spacial score (nSPS) is 11.5. The Kier molecular flexibility index (Phi) is 4.27. The molecule has 0 amide bonds. The fourth-order valence-electron chi connectivity index (χ4n) is 1.98. The van der Waals surface area contributed by atoms with Crippen molar-refractivity contribution in [2.45, 2.75) is 18.2 Å². The minimum absolute atomic E-state index is 0.164. The highest BCUT2D eigenvalue weighted by molar-refractivity contribution is 7.91. The molecule has 0 aromatic heterocycles. The van der Waals surface area contributed by atoms with E-state index in [0.717, 1.165) is 11.1 Å². The number of halogens is 1. The van der Waals surface area contributed by atoms with Crippen LogP contribution in [-0.4, -0.2) is 14.2 Å². The van der Waals surface area contributed by atoms with Crippen molar-refractivity contribution in [1.82, 2.24) is 0 Å². The molecule has 0 atom stereocenters. The van der Waals surface area contributed by atoms with E-state index in [1.807, 2.05) is 31.2 Å². The first-order valence-corrected chi connectivity index (χ1v) is 8.15. The third kappa shape index (κ3) is 3.17. The predicted molar refractivity (Wildman–Crippen MR) is 79.2 cm³/mol. The van der Waals surface area contributed by atoms with Crippen molar-refractivity contribution in [1.29, 1.82) is 0 Å². The zero-order valence-electron chi connectivity index (χ0n) is 10.6. The van der Waals surface area contributed by atoms with Crippen molar-refractivity contribution < 1.29 is 8.42 Å². The average molecular weight is 295 g/mol. The van der Waals surface area contributed by atoms with Crippen LogP contribution in [0.4, 0.5) is 0 Å². The molecule has 4 heteroatoms. The summed E-state index contributed by atoms with van der Waals surface area (Å²) in [5.41, 5.74) is 1.59. The quantitative estimate of drug-likeness (QED) is 0.847. The summed E-state index contributed by atoms with van der Waals surface area (Å²) in [6.45, 7) is 1.86. The summed E-state index contributed by atoms with van der Waals surface area (Å²) in [7, 11) is -3.23. The number of rotatable bonds is 4. The van der Waals surface area contributed by atoms with Gasteiger partial charge < -0.3 is 0 Å². The molecule has 0 spiro atoms. The maximum atomic E-state index is 12.3. The SMILES string of the molecule is CCCS(=O)(=O)c1ccccc1-c1ccc(Cl)cc1. The summed E-state index contributed by atoms with van der Waals surface area (Å²) in [5, 5.41) is 0.637. The molecule has 0 saturated heterocycles. The Labute approximate surface area is 119 Å². The second kappa shape index (κ2) is 5.76. The van der Waals surface area contributed by atoms with Gasteiger partial charge in [0.25, 0.3) is 0 Å². The van der Waals surface area contributed by atoms with E-state index in [4.69, 9.17) is 11.6 Å². The highest BCUT2D eigenvalue weighted by atomic mass is 35.5. The van der Waals surface area contributed by atoms with Gasteiger partial charge in [-0.2, -0.15) is 0 Å². The molecule has 0 aliphatic rings. The first kappa shape index (κ1) is 14.1. The van der Waals surface area contributed by atoms with E-state index < -0.39 is 9.84 Å². The predicted octanol–water partition coefficient (Wildman–Crippen LogP) is 4.19. The van der Waals surface area contributed by atoms with Gasteiger partial charge in [0.05, 0.1) is 10.6 Å². The lowest BCUT2D eigenvalue weighted by Crippen LogP contribution is -2.07. The molecule has 0 N–H and O–H groups in total. The van der Waals surface area contributed by atoms with Gasteiger partial charge in [0.15, 0.2) is 9.84 Å². The van der Waals surface area contributed by atoms with Crippen LogP contribution in [0.3, 0.4) is 0 Å². The molecule has 0 saturated carbocycles. The van der Waals surface area contributed by atoms with E-state index in [2.05, 4.69) is 0 Å². The molecule has 0 fully saturated rings. The minimum Gasteiger partial charge on any atom is -0.224 e. The van der Waals surface area contributed by atoms with E-state index in [1.54, 1.807) is 24.3 Å². The van der Waals surface area contributed by atoms with E-state index in [-0.39, 0.29) is 5.75 Å². The third-order valence-corrected chi connectivity index (χ3v) is 5.07. The van der Waals surface area contributed by atoms with Gasteiger partial charge in [-0.3, -0.25) is 0 Å². The van der Waals surface area contributed by atoms with Gasteiger partial charge in [-0.05, 0) is 30.2 Å². The Hall–Kier alpha value is -1.32. The van der Waals surface area contributed by atoms with Crippen LogP contribution in [0, 0.1) is 0 Å². The second-order valence-electron chi connectivity index (χ2n) is 4.32. The molecular formula is C15H15ClO2S. The van der Waals surface area contributed by atoms with Crippen LogP contribution < -0.4 is 0 Å². The molecule has 19 heavy (non-hydrogen) atoms. The maximum Gasteiger partial charge on any atom is 0.178 e. The van der Waals surface area contributed by atoms with E-state index in [1.165, 1.54) is 0 Å². The fraction of sp³-hybridized carbons (Fsp3) is 0.200. The smallest absolute Gasteiger partial charge is 0.178 e. The Morgan fingerprint density at radius 3 is 2.26 bits per heavy atom. The lowest BCUT2D eigenvalue weighted by Gasteiger charge is -2.10. The molecule has 0 unspecified atom stereocenters. The Morgan fingerprint density at radius 1 is 1.00 bits per heavy atom. The number of sulfone groups is 1. The molecule has 2 rings (SSSR count). The summed E-state index contributed by atoms with van der Waals surface area (Å²) in [6, 6.07) is 14.3. The van der Waals surface area contributed by atoms with Gasteiger partial charge in [-0.15, -0.1) is 0 Å². The molecule has 2 aromatic carbocycles. The zero-order valence-corrected chi connectivity index (χ0v) is 12.2. The van der Waals surface area contributed by atoms with Crippen molar-refractivity contribution >= 4 is 21.4 Å². The van der Waals surface area contributed by atoms with Crippen molar-refractivity contribution in [3.8, 4) is 11.1 Å². The van der Waals surface area contributed by atoms with Gasteiger partial charge in [0.1, 0.15) is 0 Å². The van der Waals surface area contributed by atoms with Crippen LogP contribution >= 0.6 is 11.6 Å². The third-order valence-electron chi connectivity index (χ3n) is 2.85. The van der Waals surface area contributed by atoms with E-state index in [9.17, 15) is 8.42 Å². The molecule has 2 nitrogen and oxygen atoms in total. The van der Waals surface area contributed by atoms with Gasteiger partial charge in [0, 0.05) is 10.6 Å². The highest BCUT2D eigenvalue weighted by Crippen LogP contribution is 2.29. The zero-order chi connectivity index (χ0) is 13.9. The van der Waals surface area contributed by atoms with Gasteiger partial charge in [-0.25, -0.2) is 8.42 Å². The van der Waals surface area contributed by atoms with Crippen LogP contribution in [0.1, 0.15) is 13.3 Å². The molecule has 0 aliphatic heterocycles. The minimum atomic E-state index is -3.23. The lowest BCUT2D eigenvalue weighted by atomic mass is 10.1. The van der Waals surface area contributed by atoms with Crippen LogP contribution in [0.2, 0.25) is 5.02 Å². The van der Waals surface area contributed by atoms with Crippen molar-refractivity contribution in [3.63, 3.8) is 0 Å². The Bertz CT molecular complexity index is 661. The van der Waals surface area contributed by atoms with Crippen LogP contribution in [0.5, 0.6) is 0 Å². The summed E-state index contributed by atoms with van der Waals surface area (Å²) >= 11 is 5.86. The summed E-state index contributed by atoms with van der Waals surface area (Å²) < 4.78 is 24.5. The maximum absolute atomic E-state index is 12.3. The largest absolute Gasteiger partial charge is 0.224 e. The standard InChI is InChI=1S/C15H15ClO2S/c1-2-11-19(17,18)15-6-4-3-5-14(15)12-7-9-13(16)10-8-12/h3-10H,2,11H2,1H3. The van der Waals surface area contributed by atoms with Gasteiger partial charge in [-0.1, -0.05) is 48.9 Å². The first-order chi connectivity index (χ1) is 9.04. The molecule has 0 heterocycles. The Balaban J connectivity index is 2.56. The molecule has 0 bridgehead atoms. The molecular weight excluding hydrogens is 280 g/mol. The van der Waals surface area contributed by atoms with Crippen LogP contribution in [0.25, 0.3) is 11.1 Å². The lowest BCUT2D eigenvalue weighted by molar-refractivity contribution is 0.595. The topological polar surface area (TPSA) is 34.1 Å². The highest BCUT2D eigenvalue weighted by Gasteiger charge is 2.17. The van der Waals surface area contributed by atoms with Gasteiger partial charge in [0.2, 0.25) is 0 Å². The first-order valence-electron chi connectivity index (χ1n) is 6.12. The Morgan fingerprint density at radius 2 is 1.63 bits per heavy atom.